The van der Waals surface area contributed by atoms with Crippen LogP contribution < -0.4 is 20.7 Å². The van der Waals surface area contributed by atoms with Crippen LogP contribution >= 0.6 is 0 Å². The van der Waals surface area contributed by atoms with Gasteiger partial charge < -0.3 is 20.7 Å². The molecule has 0 radical (unpaired) electrons. The zero-order valence-corrected chi connectivity index (χ0v) is 19.1. The molecule has 8 nitrogen and oxygen atoms in total. The molecule has 172 valence electrons. The topological polar surface area (TPSA) is 99.8 Å². The van der Waals surface area contributed by atoms with Crippen molar-refractivity contribution in [2.45, 2.75) is 33.2 Å². The molecule has 1 atom stereocenters. The summed E-state index contributed by atoms with van der Waals surface area (Å²) < 4.78 is 5.15. The van der Waals surface area contributed by atoms with Gasteiger partial charge in [0.25, 0.3) is 0 Å². The van der Waals surface area contributed by atoms with Crippen molar-refractivity contribution < 1.29 is 19.1 Å². The smallest absolute Gasteiger partial charge is 0.238 e. The molecule has 32 heavy (non-hydrogen) atoms. The van der Waals surface area contributed by atoms with Gasteiger partial charge in [0.05, 0.1) is 19.7 Å². The van der Waals surface area contributed by atoms with E-state index in [1.165, 1.54) is 6.92 Å². The Balaban J connectivity index is 1.80. The van der Waals surface area contributed by atoms with Crippen molar-refractivity contribution in [3.63, 3.8) is 0 Å². The van der Waals surface area contributed by atoms with Crippen molar-refractivity contribution in [2.75, 3.05) is 37.4 Å². The largest absolute Gasteiger partial charge is 0.497 e. The second kappa shape index (κ2) is 12.5. The SMILES string of the molecule is CCN(CC(=O)Nc1ccc(NC(C)=O)cc1)C(C)C(=O)NCCc1ccc(OC)cc1. The Bertz CT molecular complexity index is 897. The number of hydrogen-bond acceptors (Lipinski definition) is 5. The van der Waals surface area contributed by atoms with Crippen LogP contribution in [-0.4, -0.2) is 55.4 Å². The molecule has 2 aromatic carbocycles. The van der Waals surface area contributed by atoms with E-state index in [4.69, 9.17) is 4.74 Å². The van der Waals surface area contributed by atoms with Crippen molar-refractivity contribution in [2.24, 2.45) is 0 Å². The van der Waals surface area contributed by atoms with Crippen LogP contribution in [0.2, 0.25) is 0 Å². The zero-order chi connectivity index (χ0) is 23.5. The molecule has 3 N–H and O–H groups in total. The third-order valence-electron chi connectivity index (χ3n) is 5.04. The molecule has 0 aliphatic carbocycles. The highest BCUT2D eigenvalue weighted by atomic mass is 16.5. The molecule has 0 aromatic heterocycles. The number of likely N-dealkylation sites (N-methyl/N-ethyl adjacent to an activating group) is 1. The van der Waals surface area contributed by atoms with Crippen LogP contribution in [0.3, 0.4) is 0 Å². The van der Waals surface area contributed by atoms with Gasteiger partial charge in [-0.15, -0.1) is 0 Å². The molecule has 2 rings (SSSR count). The number of nitrogens with zero attached hydrogens (tertiary/aromatic N) is 1. The highest BCUT2D eigenvalue weighted by molar-refractivity contribution is 5.93. The molecular weight excluding hydrogens is 408 g/mol. The van der Waals surface area contributed by atoms with Gasteiger partial charge in [-0.25, -0.2) is 0 Å². The van der Waals surface area contributed by atoms with Crippen molar-refractivity contribution in [3.05, 3.63) is 54.1 Å². The fourth-order valence-corrected chi connectivity index (χ4v) is 3.18. The molecule has 8 heteroatoms. The maximum atomic E-state index is 12.6. The number of benzene rings is 2. The predicted molar refractivity (Wildman–Crippen MR) is 126 cm³/mol. The van der Waals surface area contributed by atoms with Gasteiger partial charge >= 0.3 is 0 Å². The van der Waals surface area contributed by atoms with Crippen molar-refractivity contribution >= 4 is 29.1 Å². The first-order valence-corrected chi connectivity index (χ1v) is 10.6. The van der Waals surface area contributed by atoms with Crippen LogP contribution in [0.5, 0.6) is 5.75 Å². The van der Waals surface area contributed by atoms with E-state index in [-0.39, 0.29) is 24.3 Å². The number of anilines is 2. The molecule has 0 aliphatic heterocycles. The molecule has 0 bridgehead atoms. The minimum atomic E-state index is -0.441. The summed E-state index contributed by atoms with van der Waals surface area (Å²) in [6.45, 7) is 6.31. The van der Waals surface area contributed by atoms with E-state index in [0.29, 0.717) is 30.9 Å². The molecule has 0 fully saturated rings. The molecule has 3 amide bonds. The van der Waals surface area contributed by atoms with Crippen molar-refractivity contribution in [3.8, 4) is 5.75 Å². The summed E-state index contributed by atoms with van der Waals surface area (Å²) in [4.78, 5) is 37.9. The number of hydrogen-bond donors (Lipinski definition) is 3. The van der Waals surface area contributed by atoms with E-state index in [2.05, 4.69) is 16.0 Å². The number of nitrogens with one attached hydrogen (secondary N) is 3. The van der Waals surface area contributed by atoms with Crippen LogP contribution in [0.15, 0.2) is 48.5 Å². The summed E-state index contributed by atoms with van der Waals surface area (Å²) in [5.74, 6) is 0.313. The summed E-state index contributed by atoms with van der Waals surface area (Å²) in [6, 6.07) is 14.2. The maximum Gasteiger partial charge on any atom is 0.238 e. The Morgan fingerprint density at radius 1 is 0.969 bits per heavy atom. The standard InChI is InChI=1S/C24H32N4O4/c1-5-28(16-23(30)27-21-10-8-20(9-11-21)26-18(3)29)17(2)24(31)25-15-14-19-6-12-22(32-4)13-7-19/h6-13,17H,5,14-16H2,1-4H3,(H,25,31)(H,26,29)(H,27,30). The molecule has 0 heterocycles. The second-order valence-corrected chi connectivity index (χ2v) is 7.43. The fourth-order valence-electron chi connectivity index (χ4n) is 3.18. The first-order valence-electron chi connectivity index (χ1n) is 10.6. The summed E-state index contributed by atoms with van der Waals surface area (Å²) in [7, 11) is 1.63. The molecule has 0 saturated carbocycles. The molecular formula is C24H32N4O4. The van der Waals surface area contributed by atoms with Gasteiger partial charge in [-0.1, -0.05) is 19.1 Å². The third-order valence-corrected chi connectivity index (χ3v) is 5.04. The normalized spacial score (nSPS) is 11.5. The van der Waals surface area contributed by atoms with Crippen molar-refractivity contribution in [1.29, 1.82) is 0 Å². The number of amides is 3. The van der Waals surface area contributed by atoms with Gasteiger partial charge in [-0.2, -0.15) is 0 Å². The van der Waals surface area contributed by atoms with E-state index >= 15 is 0 Å². The number of rotatable bonds is 11. The first kappa shape index (κ1) is 24.9. The number of ether oxygens (including phenoxy) is 1. The summed E-state index contributed by atoms with van der Waals surface area (Å²) in [5, 5.41) is 8.44. The minimum absolute atomic E-state index is 0.0943. The number of carbonyl (C=O) groups excluding carboxylic acids is 3. The Morgan fingerprint density at radius 2 is 1.56 bits per heavy atom. The lowest BCUT2D eigenvalue weighted by atomic mass is 10.1. The summed E-state index contributed by atoms with van der Waals surface area (Å²) in [5.41, 5.74) is 2.39. The summed E-state index contributed by atoms with van der Waals surface area (Å²) >= 11 is 0. The van der Waals surface area contributed by atoms with Gasteiger partial charge in [0, 0.05) is 24.8 Å². The maximum absolute atomic E-state index is 12.6. The lowest BCUT2D eigenvalue weighted by Crippen LogP contribution is -2.48. The average molecular weight is 441 g/mol. The van der Waals surface area contributed by atoms with E-state index in [1.807, 2.05) is 36.1 Å². The Morgan fingerprint density at radius 3 is 2.09 bits per heavy atom. The van der Waals surface area contributed by atoms with Crippen LogP contribution in [0, 0.1) is 0 Å². The van der Waals surface area contributed by atoms with E-state index < -0.39 is 6.04 Å². The van der Waals surface area contributed by atoms with Crippen LogP contribution in [0.25, 0.3) is 0 Å². The lowest BCUT2D eigenvalue weighted by molar-refractivity contribution is -0.127. The van der Waals surface area contributed by atoms with Gasteiger partial charge in [-0.3, -0.25) is 19.3 Å². The molecule has 0 aliphatic rings. The fraction of sp³-hybridized carbons (Fsp3) is 0.375. The number of methoxy groups -OCH3 is 1. The third kappa shape index (κ3) is 8.03. The Labute approximate surface area is 189 Å². The first-order chi connectivity index (χ1) is 15.3. The van der Waals surface area contributed by atoms with Gasteiger partial charge in [-0.05, 0) is 61.9 Å². The molecule has 1 unspecified atom stereocenters. The minimum Gasteiger partial charge on any atom is -0.497 e. The van der Waals surface area contributed by atoms with E-state index in [9.17, 15) is 14.4 Å². The Kier molecular flexibility index (Phi) is 9.69. The zero-order valence-electron chi connectivity index (χ0n) is 19.1. The van der Waals surface area contributed by atoms with Crippen LogP contribution in [0.4, 0.5) is 11.4 Å². The summed E-state index contributed by atoms with van der Waals surface area (Å²) in [6.07, 6.45) is 0.712. The lowest BCUT2D eigenvalue weighted by Gasteiger charge is -2.26. The Hall–Kier alpha value is -3.39. The van der Waals surface area contributed by atoms with E-state index in [0.717, 1.165) is 11.3 Å². The monoisotopic (exact) mass is 440 g/mol. The van der Waals surface area contributed by atoms with Crippen LogP contribution in [0.1, 0.15) is 26.3 Å². The average Bonchev–Trinajstić information content (AvgIpc) is 2.78. The predicted octanol–water partition coefficient (Wildman–Crippen LogP) is 2.66. The van der Waals surface area contributed by atoms with Gasteiger partial charge in [0.2, 0.25) is 17.7 Å². The number of carbonyl (C=O) groups is 3. The van der Waals surface area contributed by atoms with E-state index in [1.54, 1.807) is 38.3 Å². The van der Waals surface area contributed by atoms with Crippen LogP contribution in [-0.2, 0) is 20.8 Å². The van der Waals surface area contributed by atoms with Gasteiger partial charge in [0.1, 0.15) is 5.75 Å². The molecule has 0 saturated heterocycles. The second-order valence-electron chi connectivity index (χ2n) is 7.43. The van der Waals surface area contributed by atoms with Gasteiger partial charge in [0.15, 0.2) is 0 Å². The van der Waals surface area contributed by atoms with Crippen molar-refractivity contribution in [1.82, 2.24) is 10.2 Å². The highest BCUT2D eigenvalue weighted by Crippen LogP contribution is 2.14. The highest BCUT2D eigenvalue weighted by Gasteiger charge is 2.22. The molecule has 0 spiro atoms. The quantitative estimate of drug-likeness (QED) is 0.499. The molecule has 2 aromatic rings.